The minimum atomic E-state index is -2.86. The van der Waals surface area contributed by atoms with Gasteiger partial charge < -0.3 is 10.1 Å². The monoisotopic (exact) mass is 392 g/mol. The number of sulfone groups is 1. The summed E-state index contributed by atoms with van der Waals surface area (Å²) in [6.07, 6.45) is 6.27. The SMILES string of the molecule is Cc1ccc(CN2CCCC23CCNCC3)c(OC2CCS(=O)(=O)CC2)c1. The molecule has 1 aromatic rings. The molecule has 0 radical (unpaired) electrons. The topological polar surface area (TPSA) is 58.6 Å². The van der Waals surface area contributed by atoms with Crippen LogP contribution in [-0.2, 0) is 16.4 Å². The summed E-state index contributed by atoms with van der Waals surface area (Å²) in [5, 5.41) is 3.50. The van der Waals surface area contributed by atoms with Crippen molar-refractivity contribution in [2.24, 2.45) is 0 Å². The number of hydrogen-bond acceptors (Lipinski definition) is 5. The van der Waals surface area contributed by atoms with E-state index in [9.17, 15) is 8.42 Å². The molecule has 150 valence electrons. The quantitative estimate of drug-likeness (QED) is 0.854. The second-order valence-electron chi connectivity index (χ2n) is 8.58. The Bertz CT molecular complexity index is 758. The van der Waals surface area contributed by atoms with Crippen LogP contribution in [-0.4, -0.2) is 56.1 Å². The molecule has 5 nitrogen and oxygen atoms in total. The highest BCUT2D eigenvalue weighted by molar-refractivity contribution is 7.91. The fourth-order valence-corrected chi connectivity index (χ4v) is 6.42. The predicted octanol–water partition coefficient (Wildman–Crippen LogP) is 2.67. The third-order valence-corrected chi connectivity index (χ3v) is 8.37. The van der Waals surface area contributed by atoms with Crippen LogP contribution in [0.25, 0.3) is 0 Å². The molecular formula is C21H32N2O3S. The normalized spacial score (nSPS) is 25.7. The maximum Gasteiger partial charge on any atom is 0.150 e. The molecule has 3 saturated heterocycles. The van der Waals surface area contributed by atoms with Crippen molar-refractivity contribution in [3.63, 3.8) is 0 Å². The van der Waals surface area contributed by atoms with E-state index in [1.807, 2.05) is 0 Å². The van der Waals surface area contributed by atoms with Gasteiger partial charge in [-0.15, -0.1) is 0 Å². The van der Waals surface area contributed by atoms with E-state index in [1.165, 1.54) is 36.8 Å². The summed E-state index contributed by atoms with van der Waals surface area (Å²) in [7, 11) is -2.86. The van der Waals surface area contributed by atoms with Gasteiger partial charge in [-0.05, 0) is 76.7 Å². The number of benzene rings is 1. The molecule has 1 spiro atoms. The molecule has 27 heavy (non-hydrogen) atoms. The lowest BCUT2D eigenvalue weighted by Gasteiger charge is -2.42. The Morgan fingerprint density at radius 1 is 1.19 bits per heavy atom. The fraction of sp³-hybridized carbons (Fsp3) is 0.714. The Labute approximate surface area is 163 Å². The van der Waals surface area contributed by atoms with Crippen molar-refractivity contribution < 1.29 is 13.2 Å². The van der Waals surface area contributed by atoms with Crippen LogP contribution in [0.1, 0.15) is 49.7 Å². The first-order valence-corrected chi connectivity index (χ1v) is 12.2. The molecule has 0 saturated carbocycles. The zero-order valence-corrected chi connectivity index (χ0v) is 17.2. The first-order valence-electron chi connectivity index (χ1n) is 10.4. The Morgan fingerprint density at radius 2 is 1.93 bits per heavy atom. The summed E-state index contributed by atoms with van der Waals surface area (Å²) in [5.41, 5.74) is 2.79. The van der Waals surface area contributed by atoms with E-state index in [-0.39, 0.29) is 17.6 Å². The molecule has 0 bridgehead atoms. The van der Waals surface area contributed by atoms with E-state index in [0.29, 0.717) is 18.4 Å². The maximum atomic E-state index is 11.7. The smallest absolute Gasteiger partial charge is 0.150 e. The number of piperidine rings is 1. The van der Waals surface area contributed by atoms with E-state index in [2.05, 4.69) is 35.3 Å². The van der Waals surface area contributed by atoms with Gasteiger partial charge in [0.2, 0.25) is 0 Å². The van der Waals surface area contributed by atoms with Gasteiger partial charge in [-0.2, -0.15) is 0 Å². The van der Waals surface area contributed by atoms with Crippen molar-refractivity contribution in [1.82, 2.24) is 10.2 Å². The lowest BCUT2D eigenvalue weighted by molar-refractivity contribution is 0.0905. The van der Waals surface area contributed by atoms with Crippen LogP contribution in [0, 0.1) is 6.92 Å². The van der Waals surface area contributed by atoms with Gasteiger partial charge in [0.1, 0.15) is 11.9 Å². The van der Waals surface area contributed by atoms with E-state index >= 15 is 0 Å². The average molecular weight is 393 g/mol. The third-order valence-electron chi connectivity index (χ3n) is 6.65. The second-order valence-corrected chi connectivity index (χ2v) is 10.9. The highest BCUT2D eigenvalue weighted by Gasteiger charge is 2.41. The van der Waals surface area contributed by atoms with Crippen LogP contribution in [0.2, 0.25) is 0 Å². The van der Waals surface area contributed by atoms with Gasteiger partial charge in [0.25, 0.3) is 0 Å². The predicted molar refractivity (Wildman–Crippen MR) is 108 cm³/mol. The van der Waals surface area contributed by atoms with Gasteiger partial charge in [0.05, 0.1) is 11.5 Å². The molecule has 6 heteroatoms. The first-order chi connectivity index (χ1) is 13.0. The van der Waals surface area contributed by atoms with Gasteiger partial charge in [0.15, 0.2) is 9.84 Å². The number of nitrogens with zero attached hydrogens (tertiary/aromatic N) is 1. The maximum absolute atomic E-state index is 11.7. The molecule has 0 amide bonds. The molecule has 3 heterocycles. The summed E-state index contributed by atoms with van der Waals surface area (Å²) < 4.78 is 29.8. The Morgan fingerprint density at radius 3 is 2.67 bits per heavy atom. The summed E-state index contributed by atoms with van der Waals surface area (Å²) in [6.45, 7) is 6.41. The Kier molecular flexibility index (Phi) is 5.50. The zero-order valence-electron chi connectivity index (χ0n) is 16.4. The highest BCUT2D eigenvalue weighted by Crippen LogP contribution is 2.39. The number of aryl methyl sites for hydroxylation is 1. The van der Waals surface area contributed by atoms with Crippen molar-refractivity contribution in [3.8, 4) is 5.75 Å². The number of rotatable bonds is 4. The van der Waals surface area contributed by atoms with Gasteiger partial charge in [-0.3, -0.25) is 4.90 Å². The zero-order chi connectivity index (χ0) is 18.9. The van der Waals surface area contributed by atoms with Crippen molar-refractivity contribution in [1.29, 1.82) is 0 Å². The second kappa shape index (κ2) is 7.72. The lowest BCUT2D eigenvalue weighted by Crippen LogP contribution is -2.50. The van der Waals surface area contributed by atoms with Crippen molar-refractivity contribution >= 4 is 9.84 Å². The van der Waals surface area contributed by atoms with E-state index < -0.39 is 9.84 Å². The number of hydrogen-bond donors (Lipinski definition) is 1. The summed E-state index contributed by atoms with van der Waals surface area (Å²) >= 11 is 0. The number of ether oxygens (including phenoxy) is 1. The Balaban J connectivity index is 1.50. The Hall–Kier alpha value is -1.11. The molecule has 0 atom stereocenters. The van der Waals surface area contributed by atoms with Gasteiger partial charge in [-0.1, -0.05) is 12.1 Å². The van der Waals surface area contributed by atoms with Gasteiger partial charge in [0, 0.05) is 17.6 Å². The summed E-state index contributed by atoms with van der Waals surface area (Å²) in [5.74, 6) is 1.46. The van der Waals surface area contributed by atoms with E-state index in [1.54, 1.807) is 0 Å². The molecule has 3 aliphatic heterocycles. The van der Waals surface area contributed by atoms with Gasteiger partial charge in [-0.25, -0.2) is 8.42 Å². The minimum absolute atomic E-state index is 0.0143. The standard InChI is InChI=1S/C21H32N2O3S/c1-17-3-4-18(16-23-12-2-7-21(23)8-10-22-11-9-21)20(15-17)26-19-5-13-27(24,25)14-6-19/h3-4,15,19,22H,2,5-14,16H2,1H3. The highest BCUT2D eigenvalue weighted by atomic mass is 32.2. The number of likely N-dealkylation sites (tertiary alicyclic amines) is 1. The fourth-order valence-electron chi connectivity index (χ4n) is 4.97. The molecular weight excluding hydrogens is 360 g/mol. The van der Waals surface area contributed by atoms with E-state index in [0.717, 1.165) is 31.9 Å². The van der Waals surface area contributed by atoms with Crippen molar-refractivity contribution in [3.05, 3.63) is 29.3 Å². The first kappa shape index (κ1) is 19.2. The van der Waals surface area contributed by atoms with Gasteiger partial charge >= 0.3 is 0 Å². The van der Waals surface area contributed by atoms with Crippen molar-refractivity contribution in [2.45, 2.75) is 63.6 Å². The van der Waals surface area contributed by atoms with Crippen LogP contribution >= 0.6 is 0 Å². The van der Waals surface area contributed by atoms with Crippen LogP contribution in [0.5, 0.6) is 5.75 Å². The largest absolute Gasteiger partial charge is 0.490 e. The van der Waals surface area contributed by atoms with Crippen LogP contribution in [0.15, 0.2) is 18.2 Å². The van der Waals surface area contributed by atoms with Crippen molar-refractivity contribution in [2.75, 3.05) is 31.1 Å². The third kappa shape index (κ3) is 4.33. The minimum Gasteiger partial charge on any atom is -0.490 e. The molecule has 0 aromatic heterocycles. The number of nitrogens with one attached hydrogen (secondary N) is 1. The molecule has 1 N–H and O–H groups in total. The molecule has 0 aliphatic carbocycles. The van der Waals surface area contributed by atoms with Crippen LogP contribution in [0.4, 0.5) is 0 Å². The molecule has 3 aliphatic rings. The van der Waals surface area contributed by atoms with Crippen LogP contribution in [0.3, 0.4) is 0 Å². The summed E-state index contributed by atoms with van der Waals surface area (Å²) in [6, 6.07) is 6.50. The molecule has 0 unspecified atom stereocenters. The van der Waals surface area contributed by atoms with Crippen LogP contribution < -0.4 is 10.1 Å². The summed E-state index contributed by atoms with van der Waals surface area (Å²) in [4.78, 5) is 2.68. The average Bonchev–Trinajstić information content (AvgIpc) is 3.01. The molecule has 4 rings (SSSR count). The molecule has 3 fully saturated rings. The molecule has 1 aromatic carbocycles. The lowest BCUT2D eigenvalue weighted by atomic mass is 9.85. The van der Waals surface area contributed by atoms with E-state index in [4.69, 9.17) is 4.74 Å².